The molecule has 8 heteroatoms. The lowest BCUT2D eigenvalue weighted by atomic mass is 9.65. The van der Waals surface area contributed by atoms with Crippen LogP contribution in [-0.4, -0.2) is 38.0 Å². The summed E-state index contributed by atoms with van der Waals surface area (Å²) in [7, 11) is -3.15. The number of fused-ring (bicyclic) bond motifs is 2. The first kappa shape index (κ1) is 22.3. The fourth-order valence-electron chi connectivity index (χ4n) is 4.83. The second-order valence-electron chi connectivity index (χ2n) is 9.07. The Balaban J connectivity index is 1.76. The number of hydrogen-bond donors (Lipinski definition) is 1. The van der Waals surface area contributed by atoms with Crippen molar-refractivity contribution in [1.82, 2.24) is 5.32 Å². The maximum Gasteiger partial charge on any atom is 0.263 e. The Hall–Kier alpha value is -1.34. The second kappa shape index (κ2) is 8.42. The molecule has 4 atom stereocenters. The Morgan fingerprint density at radius 2 is 2.03 bits per heavy atom. The van der Waals surface area contributed by atoms with Gasteiger partial charge < -0.3 is 10.1 Å². The number of carbonyl (C=O) groups is 1. The van der Waals surface area contributed by atoms with E-state index in [1.807, 2.05) is 0 Å². The lowest BCUT2D eigenvalue weighted by Crippen LogP contribution is -2.57. The molecule has 1 amide bonds. The third-order valence-corrected chi connectivity index (χ3v) is 7.42. The van der Waals surface area contributed by atoms with Crippen LogP contribution in [-0.2, 0) is 14.6 Å². The highest BCUT2D eigenvalue weighted by Crippen LogP contribution is 2.43. The highest BCUT2D eigenvalue weighted by molar-refractivity contribution is 7.90. The number of sulfone groups is 1. The molecule has 0 aromatic heterocycles. The van der Waals surface area contributed by atoms with Crippen molar-refractivity contribution in [2.24, 2.45) is 17.8 Å². The lowest BCUT2D eigenvalue weighted by molar-refractivity contribution is -0.136. The van der Waals surface area contributed by atoms with Gasteiger partial charge in [0, 0.05) is 12.3 Å². The molecule has 2 aliphatic carbocycles. The molecular formula is C21H29ClFNO4S. The van der Waals surface area contributed by atoms with Crippen LogP contribution >= 0.6 is 11.6 Å². The van der Waals surface area contributed by atoms with E-state index in [4.69, 9.17) is 16.3 Å². The minimum absolute atomic E-state index is 0.0794. The van der Waals surface area contributed by atoms with E-state index in [-0.39, 0.29) is 40.3 Å². The number of benzene rings is 1. The van der Waals surface area contributed by atoms with Crippen LogP contribution in [0.15, 0.2) is 18.2 Å². The van der Waals surface area contributed by atoms with Crippen LogP contribution in [0.3, 0.4) is 0 Å². The first-order chi connectivity index (χ1) is 13.4. The average Bonchev–Trinajstić information content (AvgIpc) is 2.59. The van der Waals surface area contributed by atoms with Gasteiger partial charge in [0.15, 0.2) is 5.60 Å². The van der Waals surface area contributed by atoms with E-state index in [1.165, 1.54) is 18.4 Å². The highest BCUT2D eigenvalue weighted by atomic mass is 35.5. The Labute approximate surface area is 177 Å². The van der Waals surface area contributed by atoms with Crippen molar-refractivity contribution in [3.8, 4) is 5.75 Å². The van der Waals surface area contributed by atoms with Crippen molar-refractivity contribution in [2.75, 3.05) is 12.0 Å². The predicted molar refractivity (Wildman–Crippen MR) is 111 cm³/mol. The molecule has 0 aliphatic heterocycles. The molecule has 0 saturated heterocycles. The Morgan fingerprint density at radius 1 is 1.31 bits per heavy atom. The Bertz CT molecular complexity index is 873. The van der Waals surface area contributed by atoms with E-state index in [2.05, 4.69) is 5.32 Å². The predicted octanol–water partition coefficient (Wildman–Crippen LogP) is 3.99. The smallest absolute Gasteiger partial charge is 0.263 e. The molecule has 0 spiro atoms. The topological polar surface area (TPSA) is 72.5 Å². The average molecular weight is 446 g/mol. The van der Waals surface area contributed by atoms with Crippen molar-refractivity contribution in [3.05, 3.63) is 29.0 Å². The summed E-state index contributed by atoms with van der Waals surface area (Å²) in [6.45, 7) is 3.25. The third kappa shape index (κ3) is 5.63. The zero-order chi connectivity index (χ0) is 21.4. The molecule has 2 saturated carbocycles. The standard InChI is InChI=1S/C21H29ClFNO4S/c1-21(2,28-18-8-7-16(23)11-17(18)22)20(25)24-19-14-6-4-5-13(9-14)10-15(19)12-29(3,26)27/h7-8,11,13-15,19H,4-6,9-10,12H2,1-3H3,(H,24,25). The van der Waals surface area contributed by atoms with E-state index in [0.717, 1.165) is 38.2 Å². The molecule has 0 radical (unpaired) electrons. The summed E-state index contributed by atoms with van der Waals surface area (Å²) in [5.41, 5.74) is -1.25. The molecule has 1 aromatic rings. The van der Waals surface area contributed by atoms with Crippen LogP contribution in [0.1, 0.15) is 46.0 Å². The summed E-state index contributed by atoms with van der Waals surface area (Å²) in [6.07, 6.45) is 6.33. The number of carbonyl (C=O) groups excluding carboxylic acids is 1. The van der Waals surface area contributed by atoms with Gasteiger partial charge in [0.05, 0.1) is 10.8 Å². The van der Waals surface area contributed by atoms with Crippen LogP contribution in [0.5, 0.6) is 5.75 Å². The van der Waals surface area contributed by atoms with Gasteiger partial charge in [0.1, 0.15) is 21.4 Å². The van der Waals surface area contributed by atoms with Crippen LogP contribution in [0, 0.1) is 23.6 Å². The van der Waals surface area contributed by atoms with Crippen molar-refractivity contribution in [1.29, 1.82) is 0 Å². The summed E-state index contributed by atoms with van der Waals surface area (Å²) in [5, 5.41) is 3.18. The molecule has 2 fully saturated rings. The summed E-state index contributed by atoms with van der Waals surface area (Å²) < 4.78 is 43.0. The SMILES string of the molecule is CC(C)(Oc1ccc(F)cc1Cl)C(=O)NC1C2CCCC(C2)CC1CS(C)(=O)=O. The number of amides is 1. The Kier molecular flexibility index (Phi) is 6.49. The number of rotatable bonds is 6. The number of nitrogens with one attached hydrogen (secondary N) is 1. The summed E-state index contributed by atoms with van der Waals surface area (Å²) in [4.78, 5) is 13.1. The highest BCUT2D eigenvalue weighted by Gasteiger charge is 2.43. The summed E-state index contributed by atoms with van der Waals surface area (Å²) in [6, 6.07) is 3.56. The van der Waals surface area contributed by atoms with E-state index in [0.29, 0.717) is 5.92 Å². The van der Waals surface area contributed by atoms with Crippen LogP contribution in [0.2, 0.25) is 5.02 Å². The van der Waals surface area contributed by atoms with Gasteiger partial charge in [0.2, 0.25) is 0 Å². The quantitative estimate of drug-likeness (QED) is 0.718. The van der Waals surface area contributed by atoms with Gasteiger partial charge in [-0.05, 0) is 69.1 Å². The first-order valence-corrected chi connectivity index (χ1v) is 12.5. The van der Waals surface area contributed by atoms with Crippen LogP contribution in [0.25, 0.3) is 0 Å². The van der Waals surface area contributed by atoms with Crippen molar-refractivity contribution in [3.63, 3.8) is 0 Å². The van der Waals surface area contributed by atoms with Gasteiger partial charge in [-0.1, -0.05) is 24.4 Å². The molecular weight excluding hydrogens is 417 g/mol. The molecule has 2 aliphatic rings. The minimum Gasteiger partial charge on any atom is -0.476 e. The summed E-state index contributed by atoms with van der Waals surface area (Å²) >= 11 is 6.03. The number of halogens is 2. The maximum absolute atomic E-state index is 13.3. The van der Waals surface area contributed by atoms with E-state index in [1.54, 1.807) is 13.8 Å². The minimum atomic E-state index is -3.15. The third-order valence-electron chi connectivity index (χ3n) is 6.10. The van der Waals surface area contributed by atoms with Gasteiger partial charge in [-0.25, -0.2) is 12.8 Å². The number of hydrogen-bond acceptors (Lipinski definition) is 4. The summed E-state index contributed by atoms with van der Waals surface area (Å²) in [5.74, 6) is 0.216. The molecule has 5 nitrogen and oxygen atoms in total. The zero-order valence-corrected chi connectivity index (χ0v) is 18.7. The molecule has 2 bridgehead atoms. The normalized spacial score (nSPS) is 27.3. The van der Waals surface area contributed by atoms with E-state index in [9.17, 15) is 17.6 Å². The van der Waals surface area contributed by atoms with Crippen molar-refractivity contribution >= 4 is 27.3 Å². The molecule has 1 N–H and O–H groups in total. The molecule has 0 heterocycles. The van der Waals surface area contributed by atoms with Gasteiger partial charge in [-0.15, -0.1) is 0 Å². The van der Waals surface area contributed by atoms with Crippen LogP contribution in [0.4, 0.5) is 4.39 Å². The van der Waals surface area contributed by atoms with E-state index >= 15 is 0 Å². The van der Waals surface area contributed by atoms with Gasteiger partial charge in [-0.3, -0.25) is 4.79 Å². The molecule has 1 aromatic carbocycles. The fourth-order valence-corrected chi connectivity index (χ4v) is 6.16. The Morgan fingerprint density at radius 3 is 2.69 bits per heavy atom. The zero-order valence-electron chi connectivity index (χ0n) is 17.1. The largest absolute Gasteiger partial charge is 0.476 e. The van der Waals surface area contributed by atoms with Crippen LogP contribution < -0.4 is 10.1 Å². The van der Waals surface area contributed by atoms with E-state index < -0.39 is 21.3 Å². The fraction of sp³-hybridized carbons (Fsp3) is 0.667. The van der Waals surface area contributed by atoms with Crippen molar-refractivity contribution < 1.29 is 22.3 Å². The van der Waals surface area contributed by atoms with Gasteiger partial charge in [-0.2, -0.15) is 0 Å². The lowest BCUT2D eigenvalue weighted by Gasteiger charge is -2.46. The monoisotopic (exact) mass is 445 g/mol. The first-order valence-electron chi connectivity index (χ1n) is 10.1. The number of ether oxygens (including phenoxy) is 1. The molecule has 4 unspecified atom stereocenters. The molecule has 3 rings (SSSR count). The van der Waals surface area contributed by atoms with Gasteiger partial charge >= 0.3 is 0 Å². The second-order valence-corrected chi connectivity index (χ2v) is 11.7. The van der Waals surface area contributed by atoms with Gasteiger partial charge in [0.25, 0.3) is 5.91 Å². The van der Waals surface area contributed by atoms with Crippen molar-refractivity contribution in [2.45, 2.75) is 57.6 Å². The molecule has 29 heavy (non-hydrogen) atoms. The maximum atomic E-state index is 13.3. The molecule has 162 valence electrons.